The third-order valence-electron chi connectivity index (χ3n) is 2.41. The van der Waals surface area contributed by atoms with Gasteiger partial charge in [-0.15, -0.1) is 0 Å². The fourth-order valence-electron chi connectivity index (χ4n) is 1.47. The van der Waals surface area contributed by atoms with Crippen molar-refractivity contribution >= 4 is 5.91 Å². The van der Waals surface area contributed by atoms with E-state index >= 15 is 0 Å². The van der Waals surface area contributed by atoms with E-state index in [1.807, 2.05) is 0 Å². The number of aliphatic hydroxyl groups is 1. The Hall–Kier alpha value is -1.66. The molecule has 0 heterocycles. The first-order chi connectivity index (χ1) is 9.04. The lowest BCUT2D eigenvalue weighted by atomic mass is 10.1. The molecular formula is C13H18FNO4. The molecule has 0 radical (unpaired) electrons. The summed E-state index contributed by atoms with van der Waals surface area (Å²) in [7, 11) is 1.53. The van der Waals surface area contributed by atoms with Crippen LogP contribution in [-0.4, -0.2) is 37.9 Å². The quantitative estimate of drug-likeness (QED) is 0.727. The Bertz CT molecular complexity index is 423. The average molecular weight is 271 g/mol. The van der Waals surface area contributed by atoms with E-state index in [4.69, 9.17) is 9.47 Å². The zero-order valence-electron chi connectivity index (χ0n) is 11.0. The van der Waals surface area contributed by atoms with Crippen LogP contribution in [0, 0.1) is 5.82 Å². The number of ether oxygens (including phenoxy) is 2. The third-order valence-corrected chi connectivity index (χ3v) is 2.41. The number of methoxy groups -OCH3 is 1. The van der Waals surface area contributed by atoms with Crippen molar-refractivity contribution in [2.24, 2.45) is 0 Å². The molecule has 2 N–H and O–H groups in total. The second-order valence-electron chi connectivity index (χ2n) is 3.99. The Morgan fingerprint density at radius 3 is 2.89 bits per heavy atom. The van der Waals surface area contributed by atoms with Crippen LogP contribution in [0.1, 0.15) is 18.6 Å². The number of hydrogen-bond acceptors (Lipinski definition) is 4. The number of benzene rings is 1. The highest BCUT2D eigenvalue weighted by Gasteiger charge is 2.11. The number of rotatable bonds is 7. The van der Waals surface area contributed by atoms with Crippen LogP contribution >= 0.6 is 0 Å². The van der Waals surface area contributed by atoms with Gasteiger partial charge in [-0.1, -0.05) is 0 Å². The third kappa shape index (κ3) is 5.23. The number of hydrogen-bond donors (Lipinski definition) is 2. The maximum absolute atomic E-state index is 13.1. The van der Waals surface area contributed by atoms with E-state index in [9.17, 15) is 14.3 Å². The maximum atomic E-state index is 13.1. The second-order valence-corrected chi connectivity index (χ2v) is 3.99. The monoisotopic (exact) mass is 271 g/mol. The van der Waals surface area contributed by atoms with Crippen LogP contribution in [0.15, 0.2) is 18.2 Å². The summed E-state index contributed by atoms with van der Waals surface area (Å²) in [5, 5.41) is 12.1. The van der Waals surface area contributed by atoms with Crippen LogP contribution in [0.4, 0.5) is 4.39 Å². The van der Waals surface area contributed by atoms with Gasteiger partial charge in [-0.25, -0.2) is 4.39 Å². The number of nitrogens with one attached hydrogen (secondary N) is 1. The lowest BCUT2D eigenvalue weighted by Gasteiger charge is -2.13. The largest absolute Gasteiger partial charge is 0.483 e. The summed E-state index contributed by atoms with van der Waals surface area (Å²) in [6, 6.07) is 3.80. The molecule has 6 heteroatoms. The Morgan fingerprint density at radius 1 is 1.53 bits per heavy atom. The van der Waals surface area contributed by atoms with Crippen LogP contribution < -0.4 is 10.1 Å². The van der Waals surface area contributed by atoms with Crippen molar-refractivity contribution in [3.63, 3.8) is 0 Å². The minimum atomic E-state index is -0.799. The van der Waals surface area contributed by atoms with Gasteiger partial charge < -0.3 is 19.9 Å². The van der Waals surface area contributed by atoms with Gasteiger partial charge in [0.15, 0.2) is 6.61 Å². The van der Waals surface area contributed by atoms with Gasteiger partial charge in [0.2, 0.25) is 0 Å². The van der Waals surface area contributed by atoms with Gasteiger partial charge in [0, 0.05) is 25.3 Å². The van der Waals surface area contributed by atoms with Gasteiger partial charge in [0.25, 0.3) is 5.91 Å². The standard InChI is InChI=1S/C13H18FNO4/c1-9(16)11-4-3-10(14)7-12(11)19-8-13(17)15-5-6-18-2/h3-4,7,9,16H,5-6,8H2,1-2H3,(H,15,17)/t9-/m1/s1. The van der Waals surface area contributed by atoms with Crippen molar-refractivity contribution in [1.29, 1.82) is 0 Å². The molecule has 5 nitrogen and oxygen atoms in total. The molecule has 1 aromatic carbocycles. The number of carbonyl (C=O) groups is 1. The van der Waals surface area contributed by atoms with Crippen LogP contribution in [0.2, 0.25) is 0 Å². The number of amides is 1. The normalized spacial score (nSPS) is 12.0. The number of carbonyl (C=O) groups excluding carboxylic acids is 1. The van der Waals surface area contributed by atoms with E-state index in [-0.39, 0.29) is 18.3 Å². The Labute approximate surface area is 111 Å². The van der Waals surface area contributed by atoms with Crippen LogP contribution in [0.5, 0.6) is 5.75 Å². The van der Waals surface area contributed by atoms with Crippen LogP contribution in [-0.2, 0) is 9.53 Å². The summed E-state index contributed by atoms with van der Waals surface area (Å²) in [6.07, 6.45) is -0.799. The van der Waals surface area contributed by atoms with Crippen LogP contribution in [0.25, 0.3) is 0 Å². The smallest absolute Gasteiger partial charge is 0.258 e. The van der Waals surface area contributed by atoms with E-state index in [0.717, 1.165) is 6.07 Å². The molecule has 0 bridgehead atoms. The van der Waals surface area contributed by atoms with Crippen molar-refractivity contribution in [1.82, 2.24) is 5.32 Å². The molecule has 1 amide bonds. The van der Waals surface area contributed by atoms with Crippen molar-refractivity contribution in [2.45, 2.75) is 13.0 Å². The fraction of sp³-hybridized carbons (Fsp3) is 0.462. The van der Waals surface area contributed by atoms with E-state index in [2.05, 4.69) is 5.32 Å². The summed E-state index contributed by atoms with van der Waals surface area (Å²) in [5.41, 5.74) is 0.436. The molecule has 0 saturated heterocycles. The van der Waals surface area contributed by atoms with Gasteiger partial charge in [-0.3, -0.25) is 4.79 Å². The van der Waals surface area contributed by atoms with Gasteiger partial charge >= 0.3 is 0 Å². The SMILES string of the molecule is COCCNC(=O)COc1cc(F)ccc1[C@@H](C)O. The molecule has 1 atom stereocenters. The fourth-order valence-corrected chi connectivity index (χ4v) is 1.47. The highest BCUT2D eigenvalue weighted by Crippen LogP contribution is 2.25. The molecule has 0 saturated carbocycles. The minimum absolute atomic E-state index is 0.164. The molecule has 0 aliphatic carbocycles. The number of aliphatic hydroxyl groups excluding tert-OH is 1. The molecule has 0 aliphatic rings. The molecule has 0 spiro atoms. The highest BCUT2D eigenvalue weighted by atomic mass is 19.1. The first-order valence-corrected chi connectivity index (χ1v) is 5.90. The molecule has 1 aromatic rings. The molecule has 0 aromatic heterocycles. The van der Waals surface area contributed by atoms with Crippen molar-refractivity contribution in [3.05, 3.63) is 29.6 Å². The average Bonchev–Trinajstić information content (AvgIpc) is 2.36. The predicted octanol–water partition coefficient (Wildman–Crippen LogP) is 1.02. The highest BCUT2D eigenvalue weighted by molar-refractivity contribution is 5.77. The topological polar surface area (TPSA) is 67.8 Å². The lowest BCUT2D eigenvalue weighted by Crippen LogP contribution is -2.31. The minimum Gasteiger partial charge on any atom is -0.483 e. The Kier molecular flexibility index (Phi) is 6.24. The van der Waals surface area contributed by atoms with Crippen molar-refractivity contribution in [2.75, 3.05) is 26.9 Å². The van der Waals surface area contributed by atoms with E-state index in [0.29, 0.717) is 18.7 Å². The molecule has 0 fully saturated rings. The number of halogens is 1. The summed E-state index contributed by atoms with van der Waals surface area (Å²) in [5.74, 6) is -0.658. The Morgan fingerprint density at radius 2 is 2.26 bits per heavy atom. The summed E-state index contributed by atoms with van der Waals surface area (Å²) in [6.45, 7) is 2.08. The molecule has 1 rings (SSSR count). The zero-order valence-corrected chi connectivity index (χ0v) is 11.0. The molecular weight excluding hydrogens is 253 g/mol. The molecule has 0 aliphatic heterocycles. The molecule has 19 heavy (non-hydrogen) atoms. The van der Waals surface area contributed by atoms with E-state index in [1.165, 1.54) is 19.2 Å². The van der Waals surface area contributed by atoms with Gasteiger partial charge in [0.05, 0.1) is 12.7 Å². The van der Waals surface area contributed by atoms with Gasteiger partial charge in [0.1, 0.15) is 11.6 Å². The van der Waals surface area contributed by atoms with Crippen molar-refractivity contribution in [3.8, 4) is 5.75 Å². The predicted molar refractivity (Wildman–Crippen MR) is 67.4 cm³/mol. The van der Waals surface area contributed by atoms with Gasteiger partial charge in [-0.05, 0) is 19.1 Å². The Balaban J connectivity index is 2.56. The second kappa shape index (κ2) is 7.70. The van der Waals surface area contributed by atoms with Crippen LogP contribution in [0.3, 0.4) is 0 Å². The van der Waals surface area contributed by atoms with E-state index in [1.54, 1.807) is 6.92 Å². The molecule has 106 valence electrons. The zero-order chi connectivity index (χ0) is 14.3. The first-order valence-electron chi connectivity index (χ1n) is 5.90. The van der Waals surface area contributed by atoms with E-state index < -0.39 is 11.9 Å². The van der Waals surface area contributed by atoms with Crippen molar-refractivity contribution < 1.29 is 23.8 Å². The summed E-state index contributed by atoms with van der Waals surface area (Å²) >= 11 is 0. The molecule has 0 unspecified atom stereocenters. The summed E-state index contributed by atoms with van der Waals surface area (Å²) < 4.78 is 23.1. The lowest BCUT2D eigenvalue weighted by molar-refractivity contribution is -0.123. The van der Waals surface area contributed by atoms with Gasteiger partial charge in [-0.2, -0.15) is 0 Å². The summed E-state index contributed by atoms with van der Waals surface area (Å²) in [4.78, 5) is 11.4. The maximum Gasteiger partial charge on any atom is 0.258 e. The first kappa shape index (κ1) is 15.4.